The molecule has 0 spiro atoms. The van der Waals surface area contributed by atoms with Crippen LogP contribution in [0.4, 0.5) is 17.1 Å². The van der Waals surface area contributed by atoms with Crippen molar-refractivity contribution in [3.63, 3.8) is 0 Å². The Morgan fingerprint density at radius 3 is 0.643 bits per heavy atom. The molecule has 3 aromatic carbocycles. The quantitative estimate of drug-likeness (QED) is 0.571. The summed E-state index contributed by atoms with van der Waals surface area (Å²) in [4.78, 5) is 6.25. The first kappa shape index (κ1) is 25.6. The Morgan fingerprint density at radius 2 is 0.536 bits per heavy atom. The SMILES string of the molecule is CN(C)c1ccccc1.CN(C)c1ccccc1.CN(C)c1ccccc1.[Co+3]. The van der Waals surface area contributed by atoms with E-state index in [1.54, 1.807) is 0 Å². The third-order valence-corrected chi connectivity index (χ3v) is 3.82. The standard InChI is InChI=1S/3C8H11N.Co/c3*1-9(2)8-6-4-3-5-7-8;/h3*3-7H,1-2H3;/q;;;+3. The Balaban J connectivity index is 0.000000384. The van der Waals surface area contributed by atoms with E-state index in [1.807, 2.05) is 96.9 Å². The zero-order chi connectivity index (χ0) is 20.1. The number of hydrogen-bond acceptors (Lipinski definition) is 3. The molecule has 150 valence electrons. The van der Waals surface area contributed by atoms with E-state index in [0.717, 1.165) is 0 Å². The molecular formula is C24H33CoN3+3. The summed E-state index contributed by atoms with van der Waals surface area (Å²) in [6.07, 6.45) is 0. The van der Waals surface area contributed by atoms with Crippen LogP contribution in [0.5, 0.6) is 0 Å². The number of rotatable bonds is 3. The van der Waals surface area contributed by atoms with Crippen LogP contribution < -0.4 is 14.7 Å². The van der Waals surface area contributed by atoms with Crippen LogP contribution in [0.3, 0.4) is 0 Å². The number of hydrogen-bond donors (Lipinski definition) is 0. The molecule has 0 radical (unpaired) electrons. The van der Waals surface area contributed by atoms with E-state index in [1.165, 1.54) is 17.1 Å². The van der Waals surface area contributed by atoms with E-state index >= 15 is 0 Å². The predicted molar refractivity (Wildman–Crippen MR) is 122 cm³/mol. The molecule has 3 nitrogen and oxygen atoms in total. The Morgan fingerprint density at radius 1 is 0.357 bits per heavy atom. The van der Waals surface area contributed by atoms with Crippen LogP contribution in [0.25, 0.3) is 0 Å². The summed E-state index contributed by atoms with van der Waals surface area (Å²) in [6.45, 7) is 0. The molecule has 0 N–H and O–H groups in total. The van der Waals surface area contributed by atoms with Gasteiger partial charge in [-0.1, -0.05) is 54.6 Å². The second-order valence-electron chi connectivity index (χ2n) is 6.69. The van der Waals surface area contributed by atoms with Crippen molar-refractivity contribution in [3.8, 4) is 0 Å². The molecular weight excluding hydrogens is 389 g/mol. The Hall–Kier alpha value is -2.43. The van der Waals surface area contributed by atoms with Gasteiger partial charge in [0.1, 0.15) is 0 Å². The predicted octanol–water partition coefficient (Wildman–Crippen LogP) is 5.26. The van der Waals surface area contributed by atoms with Crippen molar-refractivity contribution in [2.75, 3.05) is 57.0 Å². The monoisotopic (exact) mass is 422 g/mol. The molecule has 0 aliphatic rings. The third-order valence-electron chi connectivity index (χ3n) is 3.82. The summed E-state index contributed by atoms with van der Waals surface area (Å²) in [7, 11) is 12.2. The normalized spacial score (nSPS) is 8.79. The second kappa shape index (κ2) is 14.6. The van der Waals surface area contributed by atoms with E-state index in [4.69, 9.17) is 0 Å². The fourth-order valence-corrected chi connectivity index (χ4v) is 2.18. The minimum absolute atomic E-state index is 0. The van der Waals surface area contributed by atoms with E-state index in [-0.39, 0.29) is 16.8 Å². The van der Waals surface area contributed by atoms with Gasteiger partial charge in [0.25, 0.3) is 0 Å². The van der Waals surface area contributed by atoms with Gasteiger partial charge in [-0.05, 0) is 36.4 Å². The van der Waals surface area contributed by atoms with Crippen LogP contribution in [0.1, 0.15) is 0 Å². The van der Waals surface area contributed by atoms with Gasteiger partial charge < -0.3 is 14.7 Å². The molecule has 0 unspecified atom stereocenters. The summed E-state index contributed by atoms with van der Waals surface area (Å²) in [5, 5.41) is 0. The summed E-state index contributed by atoms with van der Waals surface area (Å²) in [5.41, 5.74) is 3.74. The molecule has 0 atom stereocenters. The minimum Gasteiger partial charge on any atom is -0.378 e. The minimum atomic E-state index is 0. The van der Waals surface area contributed by atoms with Crippen molar-refractivity contribution < 1.29 is 16.8 Å². The molecule has 0 aromatic heterocycles. The topological polar surface area (TPSA) is 9.72 Å². The maximum Gasteiger partial charge on any atom is 3.00 e. The van der Waals surface area contributed by atoms with Gasteiger partial charge in [-0.25, -0.2) is 0 Å². The molecule has 3 aromatic rings. The smallest absolute Gasteiger partial charge is 0.378 e. The van der Waals surface area contributed by atoms with Crippen molar-refractivity contribution in [3.05, 3.63) is 91.0 Å². The first-order valence-corrected chi connectivity index (χ1v) is 9.09. The molecule has 0 heterocycles. The molecule has 0 saturated carbocycles. The zero-order valence-electron chi connectivity index (χ0n) is 17.8. The van der Waals surface area contributed by atoms with Gasteiger partial charge in [0, 0.05) is 59.3 Å². The van der Waals surface area contributed by atoms with Gasteiger partial charge in [-0.2, -0.15) is 0 Å². The van der Waals surface area contributed by atoms with Crippen molar-refractivity contribution in [2.45, 2.75) is 0 Å². The number of benzene rings is 3. The van der Waals surface area contributed by atoms with Crippen molar-refractivity contribution in [1.82, 2.24) is 0 Å². The Bertz CT molecular complexity index is 611. The van der Waals surface area contributed by atoms with Crippen LogP contribution in [0.2, 0.25) is 0 Å². The number of anilines is 3. The zero-order valence-corrected chi connectivity index (χ0v) is 18.9. The first-order valence-electron chi connectivity index (χ1n) is 9.09. The summed E-state index contributed by atoms with van der Waals surface area (Å²) >= 11 is 0. The average Bonchev–Trinajstić information content (AvgIpc) is 2.71. The third kappa shape index (κ3) is 10.7. The van der Waals surface area contributed by atoms with Gasteiger partial charge in [0.05, 0.1) is 0 Å². The van der Waals surface area contributed by atoms with Gasteiger partial charge in [0.2, 0.25) is 0 Å². The van der Waals surface area contributed by atoms with E-state index in [0.29, 0.717) is 0 Å². The maximum atomic E-state index is 2.08. The number of nitrogens with zero attached hydrogens (tertiary/aromatic N) is 3. The molecule has 0 bridgehead atoms. The van der Waals surface area contributed by atoms with E-state index < -0.39 is 0 Å². The molecule has 0 aliphatic heterocycles. The molecule has 0 amide bonds. The largest absolute Gasteiger partial charge is 3.00 e. The van der Waals surface area contributed by atoms with E-state index in [9.17, 15) is 0 Å². The maximum absolute atomic E-state index is 2.08. The Kier molecular flexibility index (Phi) is 13.3. The van der Waals surface area contributed by atoms with Crippen molar-refractivity contribution >= 4 is 17.1 Å². The molecule has 0 aliphatic carbocycles. The van der Waals surface area contributed by atoms with Crippen LogP contribution in [-0.2, 0) is 16.8 Å². The number of para-hydroxylation sites is 3. The van der Waals surface area contributed by atoms with Crippen LogP contribution >= 0.6 is 0 Å². The van der Waals surface area contributed by atoms with Gasteiger partial charge >= 0.3 is 16.8 Å². The molecule has 3 rings (SSSR count). The molecule has 0 fully saturated rings. The molecule has 0 saturated heterocycles. The molecule has 28 heavy (non-hydrogen) atoms. The van der Waals surface area contributed by atoms with Crippen molar-refractivity contribution in [1.29, 1.82) is 0 Å². The van der Waals surface area contributed by atoms with Gasteiger partial charge in [-0.15, -0.1) is 0 Å². The fraction of sp³-hybridized carbons (Fsp3) is 0.250. The van der Waals surface area contributed by atoms with Crippen molar-refractivity contribution in [2.24, 2.45) is 0 Å². The molecule has 4 heteroatoms. The first-order chi connectivity index (χ1) is 12.9. The average molecular weight is 422 g/mol. The second-order valence-corrected chi connectivity index (χ2v) is 6.69. The summed E-state index contributed by atoms with van der Waals surface area (Å²) < 4.78 is 0. The van der Waals surface area contributed by atoms with Crippen LogP contribution in [0, 0.1) is 0 Å². The van der Waals surface area contributed by atoms with Gasteiger partial charge in [-0.3, -0.25) is 0 Å². The summed E-state index contributed by atoms with van der Waals surface area (Å²) in [6, 6.07) is 30.8. The van der Waals surface area contributed by atoms with Crippen LogP contribution in [0.15, 0.2) is 91.0 Å². The Labute approximate surface area is 181 Å². The van der Waals surface area contributed by atoms with E-state index in [2.05, 4.69) is 51.1 Å². The summed E-state index contributed by atoms with van der Waals surface area (Å²) in [5.74, 6) is 0. The fourth-order valence-electron chi connectivity index (χ4n) is 2.18. The van der Waals surface area contributed by atoms with Crippen LogP contribution in [-0.4, -0.2) is 42.3 Å². The van der Waals surface area contributed by atoms with Gasteiger partial charge in [0.15, 0.2) is 0 Å².